The number of aromatic nitrogens is 2. The quantitative estimate of drug-likeness (QED) is 0.656. The Morgan fingerprint density at radius 3 is 2.50 bits per heavy atom. The van der Waals surface area contributed by atoms with E-state index >= 15 is 0 Å². The Labute approximate surface area is 106 Å². The van der Waals surface area contributed by atoms with Gasteiger partial charge in [-0.1, -0.05) is 36.9 Å². The standard InChI is InChI=1S/C16H14N2/c1-3-13-8-10-14(11-9-13)18-12(2)17-15-6-4-5-7-16(15)18/h3-11H,1H2,2H3. The summed E-state index contributed by atoms with van der Waals surface area (Å²) in [6, 6.07) is 16.5. The Hall–Kier alpha value is -2.35. The van der Waals surface area contributed by atoms with Crippen LogP contribution in [0.1, 0.15) is 11.4 Å². The number of hydrogen-bond donors (Lipinski definition) is 0. The molecule has 3 aromatic rings. The van der Waals surface area contributed by atoms with Crippen molar-refractivity contribution in [3.05, 3.63) is 66.5 Å². The SMILES string of the molecule is C=Cc1ccc(-n2c(C)nc3ccccc32)cc1. The van der Waals surface area contributed by atoms with E-state index in [0.717, 1.165) is 28.1 Å². The average molecular weight is 234 g/mol. The van der Waals surface area contributed by atoms with Crippen LogP contribution in [0.2, 0.25) is 0 Å². The van der Waals surface area contributed by atoms with Crippen LogP contribution in [0.3, 0.4) is 0 Å². The highest BCUT2D eigenvalue weighted by molar-refractivity contribution is 5.78. The minimum absolute atomic E-state index is 1.00. The number of aryl methyl sites for hydroxylation is 1. The van der Waals surface area contributed by atoms with Crippen molar-refractivity contribution in [3.8, 4) is 5.69 Å². The minimum atomic E-state index is 1.00. The Balaban J connectivity index is 2.23. The van der Waals surface area contributed by atoms with E-state index in [-0.39, 0.29) is 0 Å². The van der Waals surface area contributed by atoms with Gasteiger partial charge in [-0.15, -0.1) is 0 Å². The van der Waals surface area contributed by atoms with Crippen molar-refractivity contribution in [3.63, 3.8) is 0 Å². The van der Waals surface area contributed by atoms with Crippen LogP contribution in [0.25, 0.3) is 22.8 Å². The number of imidazole rings is 1. The van der Waals surface area contributed by atoms with E-state index in [1.807, 2.05) is 31.2 Å². The molecule has 0 saturated carbocycles. The van der Waals surface area contributed by atoms with Gasteiger partial charge in [-0.2, -0.15) is 0 Å². The summed E-state index contributed by atoms with van der Waals surface area (Å²) < 4.78 is 2.17. The second kappa shape index (κ2) is 4.15. The molecule has 0 fully saturated rings. The summed E-state index contributed by atoms with van der Waals surface area (Å²) in [5.41, 5.74) is 4.43. The van der Waals surface area contributed by atoms with Crippen LogP contribution < -0.4 is 0 Å². The molecule has 18 heavy (non-hydrogen) atoms. The largest absolute Gasteiger partial charge is 0.297 e. The van der Waals surface area contributed by atoms with Crippen molar-refractivity contribution in [2.75, 3.05) is 0 Å². The smallest absolute Gasteiger partial charge is 0.111 e. The molecule has 0 atom stereocenters. The van der Waals surface area contributed by atoms with Crippen molar-refractivity contribution in [2.24, 2.45) is 0 Å². The van der Waals surface area contributed by atoms with Gasteiger partial charge in [0.05, 0.1) is 11.0 Å². The summed E-state index contributed by atoms with van der Waals surface area (Å²) in [7, 11) is 0. The zero-order valence-electron chi connectivity index (χ0n) is 10.3. The van der Waals surface area contributed by atoms with Crippen LogP contribution in [0, 0.1) is 6.92 Å². The van der Waals surface area contributed by atoms with Crippen LogP contribution in [-0.4, -0.2) is 9.55 Å². The molecule has 2 aromatic carbocycles. The van der Waals surface area contributed by atoms with Gasteiger partial charge in [0.25, 0.3) is 0 Å². The molecular formula is C16H14N2. The molecule has 0 aliphatic heterocycles. The third kappa shape index (κ3) is 1.63. The lowest BCUT2D eigenvalue weighted by Gasteiger charge is -2.07. The summed E-state index contributed by atoms with van der Waals surface area (Å²) in [5.74, 6) is 1.00. The van der Waals surface area contributed by atoms with E-state index in [1.54, 1.807) is 0 Å². The first-order chi connectivity index (χ1) is 8.79. The first-order valence-corrected chi connectivity index (χ1v) is 5.96. The second-order valence-electron chi connectivity index (χ2n) is 4.28. The molecule has 0 aliphatic carbocycles. The van der Waals surface area contributed by atoms with Crippen LogP contribution in [0.15, 0.2) is 55.1 Å². The zero-order chi connectivity index (χ0) is 12.5. The lowest BCUT2D eigenvalue weighted by molar-refractivity contribution is 1.00. The van der Waals surface area contributed by atoms with Gasteiger partial charge in [0.15, 0.2) is 0 Å². The monoisotopic (exact) mass is 234 g/mol. The molecule has 0 bridgehead atoms. The average Bonchev–Trinajstić information content (AvgIpc) is 2.75. The number of rotatable bonds is 2. The molecule has 0 radical (unpaired) electrons. The highest BCUT2D eigenvalue weighted by Crippen LogP contribution is 2.21. The number of nitrogens with zero attached hydrogens (tertiary/aromatic N) is 2. The van der Waals surface area contributed by atoms with E-state index in [4.69, 9.17) is 0 Å². The molecule has 1 aromatic heterocycles. The summed E-state index contributed by atoms with van der Waals surface area (Å²) in [6.45, 7) is 5.80. The third-order valence-electron chi connectivity index (χ3n) is 3.12. The molecule has 0 N–H and O–H groups in total. The van der Waals surface area contributed by atoms with Gasteiger partial charge in [-0.25, -0.2) is 4.98 Å². The van der Waals surface area contributed by atoms with Gasteiger partial charge < -0.3 is 0 Å². The van der Waals surface area contributed by atoms with E-state index in [2.05, 4.69) is 46.5 Å². The Bertz CT molecular complexity index is 706. The van der Waals surface area contributed by atoms with E-state index in [9.17, 15) is 0 Å². The topological polar surface area (TPSA) is 17.8 Å². The fraction of sp³-hybridized carbons (Fsp3) is 0.0625. The molecule has 0 amide bonds. The van der Waals surface area contributed by atoms with Crippen LogP contribution in [-0.2, 0) is 0 Å². The predicted octanol–water partition coefficient (Wildman–Crippen LogP) is 3.98. The fourth-order valence-corrected chi connectivity index (χ4v) is 2.23. The molecule has 0 aliphatic rings. The van der Waals surface area contributed by atoms with Crippen molar-refractivity contribution < 1.29 is 0 Å². The minimum Gasteiger partial charge on any atom is -0.297 e. The van der Waals surface area contributed by atoms with E-state index < -0.39 is 0 Å². The zero-order valence-corrected chi connectivity index (χ0v) is 10.3. The fourth-order valence-electron chi connectivity index (χ4n) is 2.23. The van der Waals surface area contributed by atoms with Gasteiger partial charge in [0, 0.05) is 5.69 Å². The summed E-state index contributed by atoms with van der Waals surface area (Å²) in [5, 5.41) is 0. The molecule has 2 nitrogen and oxygen atoms in total. The first kappa shape index (κ1) is 10.8. The Morgan fingerprint density at radius 1 is 1.06 bits per heavy atom. The lowest BCUT2D eigenvalue weighted by Crippen LogP contribution is -1.96. The van der Waals surface area contributed by atoms with Crippen LogP contribution >= 0.6 is 0 Å². The molecule has 1 heterocycles. The van der Waals surface area contributed by atoms with Gasteiger partial charge >= 0.3 is 0 Å². The molecule has 0 unspecified atom stereocenters. The molecule has 2 heteroatoms. The van der Waals surface area contributed by atoms with Crippen molar-refractivity contribution in [1.29, 1.82) is 0 Å². The molecule has 0 saturated heterocycles. The summed E-state index contributed by atoms with van der Waals surface area (Å²) >= 11 is 0. The molecule has 3 rings (SSSR count). The number of hydrogen-bond acceptors (Lipinski definition) is 1. The Morgan fingerprint density at radius 2 is 1.78 bits per heavy atom. The van der Waals surface area contributed by atoms with Crippen LogP contribution in [0.4, 0.5) is 0 Å². The van der Waals surface area contributed by atoms with Gasteiger partial charge in [-0.05, 0) is 36.8 Å². The van der Waals surface area contributed by atoms with Gasteiger partial charge in [0.1, 0.15) is 5.82 Å². The highest BCUT2D eigenvalue weighted by Gasteiger charge is 2.07. The number of fused-ring (bicyclic) bond motifs is 1. The van der Waals surface area contributed by atoms with E-state index in [1.165, 1.54) is 0 Å². The van der Waals surface area contributed by atoms with Crippen molar-refractivity contribution in [1.82, 2.24) is 9.55 Å². The van der Waals surface area contributed by atoms with Gasteiger partial charge in [-0.3, -0.25) is 4.57 Å². The van der Waals surface area contributed by atoms with Gasteiger partial charge in [0.2, 0.25) is 0 Å². The highest BCUT2D eigenvalue weighted by atomic mass is 15.1. The molecule has 88 valence electrons. The lowest BCUT2D eigenvalue weighted by atomic mass is 10.2. The number of benzene rings is 2. The normalized spacial score (nSPS) is 10.7. The molecular weight excluding hydrogens is 220 g/mol. The Kier molecular flexibility index (Phi) is 2.49. The summed E-state index contributed by atoms with van der Waals surface area (Å²) in [6.07, 6.45) is 1.85. The maximum Gasteiger partial charge on any atom is 0.111 e. The van der Waals surface area contributed by atoms with Crippen molar-refractivity contribution >= 4 is 17.1 Å². The van der Waals surface area contributed by atoms with E-state index in [0.29, 0.717) is 0 Å². The maximum atomic E-state index is 4.57. The predicted molar refractivity (Wildman–Crippen MR) is 75.9 cm³/mol. The first-order valence-electron chi connectivity index (χ1n) is 5.96. The molecule has 0 spiro atoms. The van der Waals surface area contributed by atoms with Crippen LogP contribution in [0.5, 0.6) is 0 Å². The van der Waals surface area contributed by atoms with Crippen molar-refractivity contribution in [2.45, 2.75) is 6.92 Å². The summed E-state index contributed by atoms with van der Waals surface area (Å²) in [4.78, 5) is 4.57. The third-order valence-corrected chi connectivity index (χ3v) is 3.12. The maximum absolute atomic E-state index is 4.57. The second-order valence-corrected chi connectivity index (χ2v) is 4.28. The number of para-hydroxylation sites is 2.